The molecule has 0 radical (unpaired) electrons. The van der Waals surface area contributed by atoms with Crippen LogP contribution in [0.2, 0.25) is 0 Å². The summed E-state index contributed by atoms with van der Waals surface area (Å²) in [5.74, 6) is -2.12. The fourth-order valence-corrected chi connectivity index (χ4v) is 1.13. The molecule has 1 aromatic carbocycles. The zero-order chi connectivity index (χ0) is 10.6. The van der Waals surface area contributed by atoms with Crippen molar-refractivity contribution in [2.45, 2.75) is 6.42 Å². The molecule has 0 fully saturated rings. The van der Waals surface area contributed by atoms with Gasteiger partial charge >= 0.3 is 0 Å². The van der Waals surface area contributed by atoms with Gasteiger partial charge in [0.05, 0.1) is 5.56 Å². The normalized spacial score (nSPS) is 10.2. The Balaban J connectivity index is 2.89. The second-order valence-corrected chi connectivity index (χ2v) is 2.87. The van der Waals surface area contributed by atoms with Crippen LogP contribution in [-0.4, -0.2) is 19.4 Å². The van der Waals surface area contributed by atoms with E-state index in [1.54, 1.807) is 7.05 Å². The van der Waals surface area contributed by atoms with Gasteiger partial charge < -0.3 is 5.32 Å². The van der Waals surface area contributed by atoms with Gasteiger partial charge in [-0.25, -0.2) is 8.78 Å². The average Bonchev–Trinajstić information content (AvgIpc) is 2.14. The number of rotatable bonds is 4. The largest absolute Gasteiger partial charge is 0.319 e. The second kappa shape index (κ2) is 4.81. The van der Waals surface area contributed by atoms with E-state index in [1.807, 2.05) is 0 Å². The van der Waals surface area contributed by atoms with Gasteiger partial charge in [-0.1, -0.05) is 6.07 Å². The van der Waals surface area contributed by atoms with Gasteiger partial charge in [-0.3, -0.25) is 4.79 Å². The van der Waals surface area contributed by atoms with Crippen LogP contribution in [-0.2, 0) is 0 Å². The number of hydrogen-bond acceptors (Lipinski definition) is 2. The van der Waals surface area contributed by atoms with E-state index in [0.717, 1.165) is 12.1 Å². The minimum atomic E-state index is -0.800. The average molecular weight is 199 g/mol. The van der Waals surface area contributed by atoms with Crippen molar-refractivity contribution in [1.82, 2.24) is 5.32 Å². The summed E-state index contributed by atoms with van der Waals surface area (Å²) >= 11 is 0. The first-order valence-corrected chi connectivity index (χ1v) is 4.28. The quantitative estimate of drug-likeness (QED) is 0.748. The third-order valence-corrected chi connectivity index (χ3v) is 1.84. The SMILES string of the molecule is CNCCC(=O)c1c(F)cccc1F. The Bertz CT molecular complexity index is 319. The summed E-state index contributed by atoms with van der Waals surface area (Å²) in [7, 11) is 1.67. The van der Waals surface area contributed by atoms with E-state index in [2.05, 4.69) is 5.32 Å². The van der Waals surface area contributed by atoms with E-state index >= 15 is 0 Å². The van der Waals surface area contributed by atoms with Crippen LogP contribution in [0.1, 0.15) is 16.8 Å². The highest BCUT2D eigenvalue weighted by Gasteiger charge is 2.15. The lowest BCUT2D eigenvalue weighted by molar-refractivity contribution is 0.0975. The van der Waals surface area contributed by atoms with Crippen molar-refractivity contribution in [3.63, 3.8) is 0 Å². The van der Waals surface area contributed by atoms with Gasteiger partial charge in [0.15, 0.2) is 5.78 Å². The number of halogens is 2. The van der Waals surface area contributed by atoms with Crippen molar-refractivity contribution in [1.29, 1.82) is 0 Å². The molecule has 0 amide bonds. The van der Waals surface area contributed by atoms with Gasteiger partial charge in [-0.15, -0.1) is 0 Å². The summed E-state index contributed by atoms with van der Waals surface area (Å²) in [6.07, 6.45) is 0.0916. The number of ketones is 1. The maximum absolute atomic E-state index is 13.0. The molecule has 76 valence electrons. The summed E-state index contributed by atoms with van der Waals surface area (Å²) in [6.45, 7) is 0.409. The first-order chi connectivity index (χ1) is 6.66. The number of carbonyl (C=O) groups excluding carboxylic acids is 1. The molecule has 0 aliphatic rings. The van der Waals surface area contributed by atoms with Crippen LogP contribution in [0.3, 0.4) is 0 Å². The van der Waals surface area contributed by atoms with Gasteiger partial charge in [0.1, 0.15) is 11.6 Å². The molecule has 0 bridgehead atoms. The summed E-state index contributed by atoms with van der Waals surface area (Å²) < 4.78 is 26.1. The highest BCUT2D eigenvalue weighted by atomic mass is 19.1. The Labute approximate surface area is 80.9 Å². The zero-order valence-corrected chi connectivity index (χ0v) is 7.81. The summed E-state index contributed by atoms with van der Waals surface area (Å²) in [4.78, 5) is 11.3. The van der Waals surface area contributed by atoms with Gasteiger partial charge in [-0.05, 0) is 19.2 Å². The number of carbonyl (C=O) groups is 1. The van der Waals surface area contributed by atoms with E-state index in [-0.39, 0.29) is 6.42 Å². The van der Waals surface area contributed by atoms with Crippen LogP contribution in [0.4, 0.5) is 8.78 Å². The van der Waals surface area contributed by atoms with Crippen LogP contribution >= 0.6 is 0 Å². The number of nitrogens with one attached hydrogen (secondary N) is 1. The van der Waals surface area contributed by atoms with E-state index in [0.29, 0.717) is 6.54 Å². The van der Waals surface area contributed by atoms with Crippen LogP contribution in [0, 0.1) is 11.6 Å². The molecule has 1 rings (SSSR count). The van der Waals surface area contributed by atoms with E-state index in [4.69, 9.17) is 0 Å². The molecule has 0 saturated carbocycles. The Morgan fingerprint density at radius 1 is 1.36 bits per heavy atom. The van der Waals surface area contributed by atoms with E-state index in [9.17, 15) is 13.6 Å². The maximum Gasteiger partial charge on any atom is 0.170 e. The Hall–Kier alpha value is -1.29. The minimum Gasteiger partial charge on any atom is -0.319 e. The van der Waals surface area contributed by atoms with Gasteiger partial charge in [0, 0.05) is 13.0 Å². The molecule has 2 nitrogen and oxygen atoms in total. The predicted molar refractivity (Wildman–Crippen MR) is 49.2 cm³/mol. The molecule has 0 atom stereocenters. The maximum atomic E-state index is 13.0. The fourth-order valence-electron chi connectivity index (χ4n) is 1.13. The highest BCUT2D eigenvalue weighted by Crippen LogP contribution is 2.13. The number of benzene rings is 1. The van der Waals surface area contributed by atoms with Crippen LogP contribution in [0.5, 0.6) is 0 Å². The number of Topliss-reactive ketones (excluding diaryl/α,β-unsaturated/α-hetero) is 1. The monoisotopic (exact) mass is 199 g/mol. The van der Waals surface area contributed by atoms with Crippen LogP contribution < -0.4 is 5.32 Å². The van der Waals surface area contributed by atoms with Gasteiger partial charge in [-0.2, -0.15) is 0 Å². The molecule has 14 heavy (non-hydrogen) atoms. The smallest absolute Gasteiger partial charge is 0.170 e. The van der Waals surface area contributed by atoms with Gasteiger partial charge in [0.25, 0.3) is 0 Å². The first-order valence-electron chi connectivity index (χ1n) is 4.28. The van der Waals surface area contributed by atoms with Crippen molar-refractivity contribution >= 4 is 5.78 Å². The molecule has 0 spiro atoms. The zero-order valence-electron chi connectivity index (χ0n) is 7.81. The lowest BCUT2D eigenvalue weighted by Crippen LogP contribution is -2.15. The first kappa shape index (κ1) is 10.8. The molecule has 0 unspecified atom stereocenters. The topological polar surface area (TPSA) is 29.1 Å². The van der Waals surface area contributed by atoms with Gasteiger partial charge in [0.2, 0.25) is 0 Å². The molecule has 0 saturated heterocycles. The molecule has 4 heteroatoms. The predicted octanol–water partition coefficient (Wildman–Crippen LogP) is 1.76. The molecule has 0 heterocycles. The number of hydrogen-bond donors (Lipinski definition) is 1. The molecule has 0 aliphatic heterocycles. The van der Waals surface area contributed by atoms with Crippen molar-refractivity contribution in [3.8, 4) is 0 Å². The Morgan fingerprint density at radius 2 is 1.93 bits per heavy atom. The van der Waals surface area contributed by atoms with Crippen molar-refractivity contribution in [2.75, 3.05) is 13.6 Å². The summed E-state index contributed by atoms with van der Waals surface area (Å²) in [5, 5.41) is 2.74. The molecule has 0 aromatic heterocycles. The van der Waals surface area contributed by atoms with Crippen LogP contribution in [0.25, 0.3) is 0 Å². The summed E-state index contributed by atoms with van der Waals surface area (Å²) in [5.41, 5.74) is -0.442. The van der Waals surface area contributed by atoms with E-state index in [1.165, 1.54) is 6.07 Å². The fraction of sp³-hybridized carbons (Fsp3) is 0.300. The Kier molecular flexibility index (Phi) is 3.71. The van der Waals surface area contributed by atoms with Crippen molar-refractivity contribution in [3.05, 3.63) is 35.4 Å². The molecule has 1 aromatic rings. The van der Waals surface area contributed by atoms with Crippen molar-refractivity contribution < 1.29 is 13.6 Å². The third kappa shape index (κ3) is 2.35. The summed E-state index contributed by atoms with van der Waals surface area (Å²) in [6, 6.07) is 3.39. The molecule has 0 aliphatic carbocycles. The standard InChI is InChI=1S/C10H11F2NO/c1-13-6-5-9(14)10-7(11)3-2-4-8(10)12/h2-4,13H,5-6H2,1H3. The second-order valence-electron chi connectivity index (χ2n) is 2.87. The lowest BCUT2D eigenvalue weighted by atomic mass is 10.1. The lowest BCUT2D eigenvalue weighted by Gasteiger charge is -2.03. The minimum absolute atomic E-state index is 0.0916. The molecule has 1 N–H and O–H groups in total. The van der Waals surface area contributed by atoms with Crippen LogP contribution in [0.15, 0.2) is 18.2 Å². The molecular weight excluding hydrogens is 188 g/mol. The molecular formula is C10H11F2NO. The highest BCUT2D eigenvalue weighted by molar-refractivity contribution is 5.96. The van der Waals surface area contributed by atoms with E-state index < -0.39 is 23.0 Å². The van der Waals surface area contributed by atoms with Crippen molar-refractivity contribution in [2.24, 2.45) is 0 Å². The Morgan fingerprint density at radius 3 is 2.43 bits per heavy atom. The third-order valence-electron chi connectivity index (χ3n) is 1.84.